The first-order chi connectivity index (χ1) is 9.99. The van der Waals surface area contributed by atoms with E-state index in [1.807, 2.05) is 25.3 Å². The zero-order chi connectivity index (χ0) is 15.4. The molecule has 1 fully saturated rings. The molecular formula is C15H23N3O2S. The summed E-state index contributed by atoms with van der Waals surface area (Å²) in [6.07, 6.45) is 2.31. The van der Waals surface area contributed by atoms with E-state index < -0.39 is 6.04 Å². The molecule has 1 saturated carbocycles. The normalized spacial score (nSPS) is 17.3. The summed E-state index contributed by atoms with van der Waals surface area (Å²) in [5.41, 5.74) is 5.98. The molecule has 4 N–H and O–H groups in total. The molecule has 1 aromatic heterocycles. The lowest BCUT2D eigenvalue weighted by Crippen LogP contribution is -2.51. The monoisotopic (exact) mass is 309 g/mol. The van der Waals surface area contributed by atoms with Gasteiger partial charge in [-0.25, -0.2) is 0 Å². The summed E-state index contributed by atoms with van der Waals surface area (Å²) >= 11 is 1.36. The van der Waals surface area contributed by atoms with Crippen molar-refractivity contribution in [3.8, 4) is 0 Å². The van der Waals surface area contributed by atoms with Gasteiger partial charge in [0, 0.05) is 12.6 Å². The predicted molar refractivity (Wildman–Crippen MR) is 84.1 cm³/mol. The average molecular weight is 309 g/mol. The molecule has 116 valence electrons. The molecule has 21 heavy (non-hydrogen) atoms. The highest BCUT2D eigenvalue weighted by Crippen LogP contribution is 2.31. The Morgan fingerprint density at radius 1 is 1.43 bits per heavy atom. The van der Waals surface area contributed by atoms with Crippen LogP contribution in [0.1, 0.15) is 36.4 Å². The number of hydrogen-bond acceptors (Lipinski definition) is 4. The summed E-state index contributed by atoms with van der Waals surface area (Å²) in [5, 5.41) is 7.51. The largest absolute Gasteiger partial charge is 0.353 e. The maximum Gasteiger partial charge on any atom is 0.262 e. The molecule has 0 saturated heterocycles. The molecule has 2 unspecified atom stereocenters. The van der Waals surface area contributed by atoms with E-state index >= 15 is 0 Å². The van der Waals surface area contributed by atoms with Crippen molar-refractivity contribution in [3.05, 3.63) is 22.4 Å². The average Bonchev–Trinajstić information content (AvgIpc) is 3.16. The lowest BCUT2D eigenvalue weighted by molar-refractivity contribution is -0.124. The van der Waals surface area contributed by atoms with Crippen LogP contribution in [-0.4, -0.2) is 30.4 Å². The molecule has 6 heteroatoms. The lowest BCUT2D eigenvalue weighted by atomic mass is 10.0. The highest BCUT2D eigenvalue weighted by Gasteiger charge is 2.30. The Kier molecular flexibility index (Phi) is 5.36. The summed E-state index contributed by atoms with van der Waals surface area (Å²) in [6, 6.07) is 3.05. The van der Waals surface area contributed by atoms with E-state index in [1.54, 1.807) is 6.07 Å². The zero-order valence-electron chi connectivity index (χ0n) is 12.5. The van der Waals surface area contributed by atoms with E-state index in [0.717, 1.165) is 12.8 Å². The number of nitrogens with two attached hydrogens (primary N) is 1. The van der Waals surface area contributed by atoms with Gasteiger partial charge in [-0.2, -0.15) is 0 Å². The molecule has 1 heterocycles. The van der Waals surface area contributed by atoms with Crippen molar-refractivity contribution in [2.75, 3.05) is 6.54 Å². The van der Waals surface area contributed by atoms with E-state index in [1.165, 1.54) is 11.3 Å². The first kappa shape index (κ1) is 16.0. The van der Waals surface area contributed by atoms with Crippen molar-refractivity contribution < 1.29 is 9.59 Å². The van der Waals surface area contributed by atoms with E-state index in [0.29, 0.717) is 17.3 Å². The fraction of sp³-hybridized carbons (Fsp3) is 0.600. The molecule has 0 aliphatic heterocycles. The molecule has 0 aromatic carbocycles. The van der Waals surface area contributed by atoms with Gasteiger partial charge in [-0.05, 0) is 36.1 Å². The molecule has 1 aliphatic carbocycles. The van der Waals surface area contributed by atoms with Crippen LogP contribution in [0, 0.1) is 11.8 Å². The topological polar surface area (TPSA) is 84.2 Å². The Labute approximate surface area is 129 Å². The van der Waals surface area contributed by atoms with Crippen LogP contribution in [0.3, 0.4) is 0 Å². The van der Waals surface area contributed by atoms with E-state index in [9.17, 15) is 9.59 Å². The Balaban J connectivity index is 1.88. The van der Waals surface area contributed by atoms with Crippen molar-refractivity contribution in [1.29, 1.82) is 0 Å². The molecule has 2 rings (SSSR count). The number of thiophene rings is 1. The number of hydrogen-bond donors (Lipinski definition) is 3. The summed E-state index contributed by atoms with van der Waals surface area (Å²) in [6.45, 7) is 4.31. The second-order valence-electron chi connectivity index (χ2n) is 5.92. The second kappa shape index (κ2) is 7.04. The fourth-order valence-corrected chi connectivity index (χ4v) is 2.80. The lowest BCUT2D eigenvalue weighted by Gasteiger charge is -2.22. The van der Waals surface area contributed by atoms with Crippen molar-refractivity contribution in [2.24, 2.45) is 17.6 Å². The molecule has 0 radical (unpaired) electrons. The molecule has 5 nitrogen and oxygen atoms in total. The smallest absolute Gasteiger partial charge is 0.262 e. The van der Waals surface area contributed by atoms with Crippen LogP contribution in [0.5, 0.6) is 0 Å². The van der Waals surface area contributed by atoms with E-state index in [-0.39, 0.29) is 23.8 Å². The molecule has 0 spiro atoms. The standard InChI is InChI=1S/C15H23N3O2S/c1-9(2)13(18-14(19)12-4-3-7-21-12)15(20)17-8-11(16)10-5-6-10/h3-4,7,9-11,13H,5-6,8,16H2,1-2H3,(H,17,20)(H,18,19). The molecule has 2 atom stereocenters. The number of amides is 2. The van der Waals surface area contributed by atoms with Crippen molar-refractivity contribution in [1.82, 2.24) is 10.6 Å². The third-order valence-corrected chi connectivity index (χ3v) is 4.59. The maximum absolute atomic E-state index is 12.3. The molecular weight excluding hydrogens is 286 g/mol. The van der Waals surface area contributed by atoms with Crippen molar-refractivity contribution in [3.63, 3.8) is 0 Å². The molecule has 1 aromatic rings. The summed E-state index contributed by atoms with van der Waals surface area (Å²) in [5.74, 6) is 0.200. The van der Waals surface area contributed by atoms with E-state index in [2.05, 4.69) is 10.6 Å². The van der Waals surface area contributed by atoms with Gasteiger partial charge in [-0.3, -0.25) is 9.59 Å². The third-order valence-electron chi connectivity index (χ3n) is 3.72. The summed E-state index contributed by atoms with van der Waals surface area (Å²) in [7, 11) is 0. The minimum absolute atomic E-state index is 0.0195. The second-order valence-corrected chi connectivity index (χ2v) is 6.87. The predicted octanol–water partition coefficient (Wildman–Crippen LogP) is 1.36. The van der Waals surface area contributed by atoms with E-state index in [4.69, 9.17) is 5.73 Å². The van der Waals surface area contributed by atoms with Crippen LogP contribution < -0.4 is 16.4 Å². The van der Waals surface area contributed by atoms with Gasteiger partial charge in [-0.15, -0.1) is 11.3 Å². The summed E-state index contributed by atoms with van der Waals surface area (Å²) in [4.78, 5) is 24.9. The first-order valence-electron chi connectivity index (χ1n) is 7.36. The quantitative estimate of drug-likeness (QED) is 0.711. The first-order valence-corrected chi connectivity index (χ1v) is 8.24. The number of rotatable bonds is 7. The number of nitrogens with one attached hydrogen (secondary N) is 2. The SMILES string of the molecule is CC(C)C(NC(=O)c1cccs1)C(=O)NCC(N)C1CC1. The molecule has 0 bridgehead atoms. The molecule has 1 aliphatic rings. The number of carbonyl (C=O) groups excluding carboxylic acids is 2. The van der Waals surface area contributed by atoms with Crippen LogP contribution in [0.4, 0.5) is 0 Å². The third kappa shape index (κ3) is 4.54. The van der Waals surface area contributed by atoms with Gasteiger partial charge < -0.3 is 16.4 Å². The highest BCUT2D eigenvalue weighted by atomic mass is 32.1. The van der Waals surface area contributed by atoms with Crippen molar-refractivity contribution >= 4 is 23.2 Å². The highest BCUT2D eigenvalue weighted by molar-refractivity contribution is 7.12. The zero-order valence-corrected chi connectivity index (χ0v) is 13.3. The fourth-order valence-electron chi connectivity index (χ4n) is 2.17. The Morgan fingerprint density at radius 2 is 2.14 bits per heavy atom. The van der Waals surface area contributed by atoms with Gasteiger partial charge in [0.1, 0.15) is 6.04 Å². The minimum atomic E-state index is -0.536. The van der Waals surface area contributed by atoms with Crippen molar-refractivity contribution in [2.45, 2.75) is 38.8 Å². The maximum atomic E-state index is 12.3. The van der Waals surface area contributed by atoms with Gasteiger partial charge in [0.05, 0.1) is 4.88 Å². The number of carbonyl (C=O) groups is 2. The van der Waals surface area contributed by atoms with Crippen LogP contribution in [-0.2, 0) is 4.79 Å². The Hall–Kier alpha value is -1.40. The van der Waals surface area contributed by atoms with Crippen LogP contribution in [0.15, 0.2) is 17.5 Å². The van der Waals surface area contributed by atoms with Gasteiger partial charge in [-0.1, -0.05) is 19.9 Å². The minimum Gasteiger partial charge on any atom is -0.353 e. The van der Waals surface area contributed by atoms with Gasteiger partial charge in [0.2, 0.25) is 5.91 Å². The van der Waals surface area contributed by atoms with Crippen LogP contribution >= 0.6 is 11.3 Å². The molecule has 2 amide bonds. The summed E-state index contributed by atoms with van der Waals surface area (Å²) < 4.78 is 0. The Morgan fingerprint density at radius 3 is 2.67 bits per heavy atom. The Bertz CT molecular complexity index is 483. The van der Waals surface area contributed by atoms with Crippen LogP contribution in [0.2, 0.25) is 0 Å². The van der Waals surface area contributed by atoms with Gasteiger partial charge >= 0.3 is 0 Å². The van der Waals surface area contributed by atoms with Gasteiger partial charge in [0.15, 0.2) is 0 Å². The van der Waals surface area contributed by atoms with Crippen LogP contribution in [0.25, 0.3) is 0 Å². The van der Waals surface area contributed by atoms with Gasteiger partial charge in [0.25, 0.3) is 5.91 Å².